The maximum absolute atomic E-state index is 5.72. The van der Waals surface area contributed by atoms with Gasteiger partial charge in [0.15, 0.2) is 0 Å². The third-order valence-electron chi connectivity index (χ3n) is 2.04. The molecule has 74 valence electrons. The van der Waals surface area contributed by atoms with Gasteiger partial charge in [-0.2, -0.15) is 0 Å². The quantitative estimate of drug-likeness (QED) is 0.812. The van der Waals surface area contributed by atoms with E-state index < -0.39 is 0 Å². The van der Waals surface area contributed by atoms with E-state index in [1.54, 1.807) is 18.4 Å². The van der Waals surface area contributed by atoms with Gasteiger partial charge in [-0.1, -0.05) is 0 Å². The molecule has 1 aromatic heterocycles. The zero-order valence-electron chi connectivity index (χ0n) is 8.50. The summed E-state index contributed by atoms with van der Waals surface area (Å²) in [7, 11) is 1.69. The van der Waals surface area contributed by atoms with Crippen molar-refractivity contribution >= 4 is 11.3 Å². The average Bonchev–Trinajstić information content (AvgIpc) is 2.52. The first kappa shape index (κ1) is 10.6. The second kappa shape index (κ2) is 3.74. The molecular weight excluding hydrogens is 184 g/mol. The summed E-state index contributed by atoms with van der Waals surface area (Å²) in [6.45, 7) is 5.92. The molecule has 0 saturated carbocycles. The third kappa shape index (κ3) is 2.27. The van der Waals surface area contributed by atoms with E-state index in [1.165, 1.54) is 0 Å². The molecule has 3 nitrogen and oxygen atoms in total. The highest BCUT2D eigenvalue weighted by atomic mass is 32.1. The third-order valence-corrected chi connectivity index (χ3v) is 3.08. The number of ether oxygens (including phenoxy) is 1. The Morgan fingerprint density at radius 2 is 2.23 bits per heavy atom. The lowest BCUT2D eigenvalue weighted by Gasteiger charge is -2.20. The van der Waals surface area contributed by atoms with Crippen LogP contribution in [0.15, 0.2) is 5.38 Å². The Morgan fingerprint density at radius 3 is 2.62 bits per heavy atom. The van der Waals surface area contributed by atoms with Gasteiger partial charge < -0.3 is 10.5 Å². The highest BCUT2D eigenvalue weighted by Crippen LogP contribution is 2.26. The zero-order chi connectivity index (χ0) is 10.1. The van der Waals surface area contributed by atoms with Gasteiger partial charge in [-0.25, -0.2) is 4.98 Å². The Morgan fingerprint density at radius 1 is 1.62 bits per heavy atom. The van der Waals surface area contributed by atoms with Crippen LogP contribution in [0.5, 0.6) is 0 Å². The van der Waals surface area contributed by atoms with E-state index in [2.05, 4.69) is 4.98 Å². The number of aromatic nitrogens is 1. The number of nitrogens with zero attached hydrogens (tertiary/aromatic N) is 1. The molecule has 0 fully saturated rings. The molecule has 0 unspecified atom stereocenters. The largest absolute Gasteiger partial charge is 0.372 e. The van der Waals surface area contributed by atoms with Crippen LogP contribution in [-0.2, 0) is 10.3 Å². The fourth-order valence-corrected chi connectivity index (χ4v) is 1.81. The molecule has 0 saturated heterocycles. The molecule has 0 radical (unpaired) electrons. The van der Waals surface area contributed by atoms with Gasteiger partial charge in [0.05, 0.1) is 11.7 Å². The first-order valence-electron chi connectivity index (χ1n) is 4.24. The lowest BCUT2D eigenvalue weighted by atomic mass is 10.1. The number of methoxy groups -OCH3 is 1. The SMILES string of the molecule is COC(C)(C)c1csc([C@@H](C)N)n1. The van der Waals surface area contributed by atoms with Crippen molar-refractivity contribution in [2.75, 3.05) is 7.11 Å². The van der Waals surface area contributed by atoms with Gasteiger partial charge in [0.1, 0.15) is 10.6 Å². The van der Waals surface area contributed by atoms with Crippen LogP contribution < -0.4 is 5.73 Å². The van der Waals surface area contributed by atoms with Gasteiger partial charge in [-0.05, 0) is 20.8 Å². The number of thiazole rings is 1. The van der Waals surface area contributed by atoms with Crippen LogP contribution in [0.2, 0.25) is 0 Å². The van der Waals surface area contributed by atoms with Gasteiger partial charge in [0.2, 0.25) is 0 Å². The molecule has 0 aliphatic carbocycles. The molecule has 0 bridgehead atoms. The Bertz CT molecular complexity index is 281. The fraction of sp³-hybridized carbons (Fsp3) is 0.667. The number of nitrogens with two attached hydrogens (primary N) is 1. The van der Waals surface area contributed by atoms with Crippen LogP contribution in [0.4, 0.5) is 0 Å². The topological polar surface area (TPSA) is 48.1 Å². The lowest BCUT2D eigenvalue weighted by molar-refractivity contribution is 0.0159. The van der Waals surface area contributed by atoms with Gasteiger partial charge in [-0.15, -0.1) is 11.3 Å². The summed E-state index contributed by atoms with van der Waals surface area (Å²) in [4.78, 5) is 4.42. The number of hydrogen-bond acceptors (Lipinski definition) is 4. The van der Waals surface area contributed by atoms with Crippen molar-refractivity contribution in [2.45, 2.75) is 32.4 Å². The molecular formula is C9H16N2OS. The second-order valence-electron chi connectivity index (χ2n) is 3.57. The van der Waals surface area contributed by atoms with Crippen LogP contribution >= 0.6 is 11.3 Å². The van der Waals surface area contributed by atoms with Gasteiger partial charge >= 0.3 is 0 Å². The lowest BCUT2D eigenvalue weighted by Crippen LogP contribution is -2.20. The second-order valence-corrected chi connectivity index (χ2v) is 4.46. The smallest absolute Gasteiger partial charge is 0.109 e. The normalized spacial score (nSPS) is 14.5. The Balaban J connectivity index is 2.91. The molecule has 1 heterocycles. The van der Waals surface area contributed by atoms with E-state index in [0.29, 0.717) is 0 Å². The summed E-state index contributed by atoms with van der Waals surface area (Å²) in [5.41, 5.74) is 6.35. The number of hydrogen-bond donors (Lipinski definition) is 1. The molecule has 0 aromatic carbocycles. The summed E-state index contributed by atoms with van der Waals surface area (Å²) >= 11 is 1.58. The minimum atomic E-state index is -0.316. The van der Waals surface area contributed by atoms with Gasteiger partial charge in [0.25, 0.3) is 0 Å². The highest BCUT2D eigenvalue weighted by molar-refractivity contribution is 7.09. The number of rotatable bonds is 3. The molecule has 1 aromatic rings. The van der Waals surface area contributed by atoms with Crippen LogP contribution in [0.1, 0.15) is 37.5 Å². The van der Waals surface area contributed by atoms with Gasteiger partial charge in [0, 0.05) is 12.5 Å². The molecule has 1 rings (SSSR count). The molecule has 13 heavy (non-hydrogen) atoms. The van der Waals surface area contributed by atoms with Crippen LogP contribution in [0.3, 0.4) is 0 Å². The van der Waals surface area contributed by atoms with E-state index in [1.807, 2.05) is 26.2 Å². The van der Waals surface area contributed by atoms with Crippen LogP contribution in [0.25, 0.3) is 0 Å². The van der Waals surface area contributed by atoms with Crippen LogP contribution in [0, 0.1) is 0 Å². The van der Waals surface area contributed by atoms with E-state index >= 15 is 0 Å². The molecule has 0 amide bonds. The van der Waals surface area contributed by atoms with E-state index in [4.69, 9.17) is 10.5 Å². The van der Waals surface area contributed by atoms with Crippen molar-refractivity contribution < 1.29 is 4.74 Å². The summed E-state index contributed by atoms with van der Waals surface area (Å²) < 4.78 is 5.32. The maximum atomic E-state index is 5.72. The summed E-state index contributed by atoms with van der Waals surface area (Å²) in [5.74, 6) is 0. The average molecular weight is 200 g/mol. The minimum Gasteiger partial charge on any atom is -0.372 e. The standard InChI is InChI=1S/C9H16N2OS/c1-6(10)8-11-7(5-13-8)9(2,3)12-4/h5-6H,10H2,1-4H3/t6-/m1/s1. The highest BCUT2D eigenvalue weighted by Gasteiger charge is 2.23. The molecule has 0 aliphatic rings. The summed E-state index contributed by atoms with van der Waals surface area (Å²) in [6, 6.07) is 0.00593. The van der Waals surface area contributed by atoms with Crippen molar-refractivity contribution in [3.63, 3.8) is 0 Å². The van der Waals surface area contributed by atoms with Crippen LogP contribution in [-0.4, -0.2) is 12.1 Å². The van der Waals surface area contributed by atoms with E-state index in [-0.39, 0.29) is 11.6 Å². The predicted octanol–water partition coefficient (Wildman–Crippen LogP) is 2.04. The molecule has 4 heteroatoms. The fourth-order valence-electron chi connectivity index (χ4n) is 0.878. The Hall–Kier alpha value is -0.450. The Labute approximate surface area is 82.9 Å². The molecule has 2 N–H and O–H groups in total. The zero-order valence-corrected chi connectivity index (χ0v) is 9.31. The van der Waals surface area contributed by atoms with Gasteiger partial charge in [-0.3, -0.25) is 0 Å². The molecule has 0 spiro atoms. The maximum Gasteiger partial charge on any atom is 0.109 e. The first-order valence-corrected chi connectivity index (χ1v) is 5.12. The van der Waals surface area contributed by atoms with Crippen molar-refractivity contribution in [2.24, 2.45) is 5.73 Å². The monoisotopic (exact) mass is 200 g/mol. The first-order chi connectivity index (χ1) is 5.97. The van der Waals surface area contributed by atoms with Crippen molar-refractivity contribution in [1.82, 2.24) is 4.98 Å². The molecule has 1 atom stereocenters. The van der Waals surface area contributed by atoms with Crippen molar-refractivity contribution in [3.8, 4) is 0 Å². The predicted molar refractivity (Wildman–Crippen MR) is 54.8 cm³/mol. The minimum absolute atomic E-state index is 0.00593. The summed E-state index contributed by atoms with van der Waals surface area (Å²) in [5, 5.41) is 2.96. The van der Waals surface area contributed by atoms with Crippen molar-refractivity contribution in [3.05, 3.63) is 16.1 Å². The Kier molecular flexibility index (Phi) is 3.05. The van der Waals surface area contributed by atoms with Crippen molar-refractivity contribution in [1.29, 1.82) is 0 Å². The van der Waals surface area contributed by atoms with E-state index in [0.717, 1.165) is 10.7 Å². The summed E-state index contributed by atoms with van der Waals surface area (Å²) in [6.07, 6.45) is 0. The molecule has 0 aliphatic heterocycles. The van der Waals surface area contributed by atoms with E-state index in [9.17, 15) is 0 Å².